The molecule has 0 aliphatic carbocycles. The van der Waals surface area contributed by atoms with Gasteiger partial charge >= 0.3 is 5.97 Å². The number of hydrogen-bond acceptors (Lipinski definition) is 6. The Hall–Kier alpha value is -2.57. The molecule has 0 saturated heterocycles. The van der Waals surface area contributed by atoms with Crippen LogP contribution in [0.3, 0.4) is 0 Å². The number of methoxy groups -OCH3 is 2. The highest BCUT2D eigenvalue weighted by Gasteiger charge is 2.03. The number of amides is 1. The van der Waals surface area contributed by atoms with Crippen LogP contribution in [0.1, 0.15) is 38.2 Å². The van der Waals surface area contributed by atoms with Crippen molar-refractivity contribution in [3.63, 3.8) is 0 Å². The molecule has 0 heterocycles. The lowest BCUT2D eigenvalue weighted by molar-refractivity contribution is -0.140. The standard InChI is InChI=1S/C18H26N2O5/c1-14(15-8-10-16(23-2)11-9-15)20-25-13-17(21)19-12-6-4-5-7-18(22)24-3/h8-11H,4-7,12-13H2,1-3H3,(H,19,21)/b20-14-. The van der Waals surface area contributed by atoms with Crippen molar-refractivity contribution in [1.82, 2.24) is 5.32 Å². The van der Waals surface area contributed by atoms with Crippen molar-refractivity contribution < 1.29 is 23.9 Å². The van der Waals surface area contributed by atoms with Crippen molar-refractivity contribution in [3.05, 3.63) is 29.8 Å². The second-order valence-corrected chi connectivity index (χ2v) is 5.42. The molecule has 1 amide bonds. The smallest absolute Gasteiger partial charge is 0.305 e. The summed E-state index contributed by atoms with van der Waals surface area (Å²) >= 11 is 0. The fourth-order valence-electron chi connectivity index (χ4n) is 2.02. The van der Waals surface area contributed by atoms with Gasteiger partial charge in [-0.1, -0.05) is 11.6 Å². The van der Waals surface area contributed by atoms with Gasteiger partial charge in [0.25, 0.3) is 5.91 Å². The van der Waals surface area contributed by atoms with Crippen molar-refractivity contribution in [2.45, 2.75) is 32.6 Å². The monoisotopic (exact) mass is 350 g/mol. The number of nitrogens with zero attached hydrogens (tertiary/aromatic N) is 1. The molecule has 0 spiro atoms. The van der Waals surface area contributed by atoms with Crippen LogP contribution >= 0.6 is 0 Å². The summed E-state index contributed by atoms with van der Waals surface area (Å²) in [6.45, 7) is 2.22. The lowest BCUT2D eigenvalue weighted by Crippen LogP contribution is -2.28. The van der Waals surface area contributed by atoms with Crippen molar-refractivity contribution in [2.75, 3.05) is 27.4 Å². The van der Waals surface area contributed by atoms with Gasteiger partial charge < -0.3 is 19.6 Å². The van der Waals surface area contributed by atoms with Crippen molar-refractivity contribution in [1.29, 1.82) is 0 Å². The van der Waals surface area contributed by atoms with Crippen LogP contribution in [-0.2, 0) is 19.2 Å². The first-order valence-corrected chi connectivity index (χ1v) is 8.21. The SMILES string of the molecule is COC(=O)CCCCCNC(=O)CO/N=C(/C)c1ccc(OC)cc1. The van der Waals surface area contributed by atoms with E-state index in [2.05, 4.69) is 15.2 Å². The number of nitrogens with one attached hydrogen (secondary N) is 1. The second-order valence-electron chi connectivity index (χ2n) is 5.42. The fourth-order valence-corrected chi connectivity index (χ4v) is 2.02. The molecule has 0 aromatic heterocycles. The first kappa shape index (κ1) is 20.5. The lowest BCUT2D eigenvalue weighted by Gasteiger charge is -2.06. The van der Waals surface area contributed by atoms with E-state index in [9.17, 15) is 9.59 Å². The molecule has 0 saturated carbocycles. The van der Waals surface area contributed by atoms with Crippen molar-refractivity contribution in [2.24, 2.45) is 5.16 Å². The Morgan fingerprint density at radius 3 is 2.44 bits per heavy atom. The Bertz CT molecular complexity index is 569. The molecule has 138 valence electrons. The normalized spacial score (nSPS) is 10.9. The third-order valence-corrected chi connectivity index (χ3v) is 3.51. The number of benzene rings is 1. The molecule has 0 aliphatic heterocycles. The lowest BCUT2D eigenvalue weighted by atomic mass is 10.1. The van der Waals surface area contributed by atoms with E-state index in [4.69, 9.17) is 9.57 Å². The van der Waals surface area contributed by atoms with Crippen LogP contribution in [0.5, 0.6) is 5.75 Å². The van der Waals surface area contributed by atoms with E-state index in [0.29, 0.717) is 18.7 Å². The van der Waals surface area contributed by atoms with E-state index in [1.54, 1.807) is 14.0 Å². The summed E-state index contributed by atoms with van der Waals surface area (Å²) in [7, 11) is 2.98. The van der Waals surface area contributed by atoms with Crippen LogP contribution in [0.25, 0.3) is 0 Å². The number of carbonyl (C=O) groups is 2. The van der Waals surface area contributed by atoms with Crippen molar-refractivity contribution >= 4 is 17.6 Å². The molecule has 0 unspecified atom stereocenters. The topological polar surface area (TPSA) is 86.2 Å². The van der Waals surface area contributed by atoms with E-state index >= 15 is 0 Å². The summed E-state index contributed by atoms with van der Waals surface area (Å²) < 4.78 is 9.65. The Morgan fingerprint density at radius 1 is 1.08 bits per heavy atom. The summed E-state index contributed by atoms with van der Waals surface area (Å²) in [6.07, 6.45) is 2.82. The van der Waals surface area contributed by atoms with E-state index in [1.807, 2.05) is 24.3 Å². The number of rotatable bonds is 11. The first-order chi connectivity index (χ1) is 12.1. The van der Waals surface area contributed by atoms with Gasteiger partial charge in [-0.05, 0) is 49.6 Å². The molecule has 0 fully saturated rings. The predicted octanol–water partition coefficient (Wildman–Crippen LogP) is 2.29. The minimum Gasteiger partial charge on any atom is -0.497 e. The molecule has 0 atom stereocenters. The van der Waals surface area contributed by atoms with Gasteiger partial charge in [0.05, 0.1) is 19.9 Å². The van der Waals surface area contributed by atoms with Gasteiger partial charge in [0, 0.05) is 13.0 Å². The van der Waals surface area contributed by atoms with Gasteiger partial charge in [-0.15, -0.1) is 0 Å². The molecule has 0 radical (unpaired) electrons. The minimum absolute atomic E-state index is 0.129. The van der Waals surface area contributed by atoms with Crippen LogP contribution in [0, 0.1) is 0 Å². The number of carbonyl (C=O) groups excluding carboxylic acids is 2. The average molecular weight is 350 g/mol. The van der Waals surface area contributed by atoms with Crippen LogP contribution in [0.4, 0.5) is 0 Å². The summed E-state index contributed by atoms with van der Waals surface area (Å²) in [4.78, 5) is 27.6. The zero-order valence-electron chi connectivity index (χ0n) is 15.0. The third kappa shape index (κ3) is 8.74. The third-order valence-electron chi connectivity index (χ3n) is 3.51. The summed E-state index contributed by atoms with van der Waals surface area (Å²) in [5, 5.41) is 6.69. The highest BCUT2D eigenvalue weighted by atomic mass is 16.6. The predicted molar refractivity (Wildman–Crippen MR) is 94.7 cm³/mol. The van der Waals surface area contributed by atoms with Gasteiger partial charge in [-0.25, -0.2) is 0 Å². The Kier molecular flexibility index (Phi) is 9.74. The second kappa shape index (κ2) is 11.9. The number of ether oxygens (including phenoxy) is 2. The molecule has 1 N–H and O–H groups in total. The molecule has 0 bridgehead atoms. The highest BCUT2D eigenvalue weighted by Crippen LogP contribution is 2.12. The van der Waals surface area contributed by atoms with Crippen LogP contribution in [-0.4, -0.2) is 45.0 Å². The van der Waals surface area contributed by atoms with E-state index in [-0.39, 0.29) is 18.5 Å². The molecular weight excluding hydrogens is 324 g/mol. The molecule has 1 aromatic rings. The first-order valence-electron chi connectivity index (χ1n) is 8.21. The largest absolute Gasteiger partial charge is 0.497 e. The molecular formula is C18H26N2O5. The maximum Gasteiger partial charge on any atom is 0.305 e. The number of hydrogen-bond donors (Lipinski definition) is 1. The van der Waals surface area contributed by atoms with E-state index in [0.717, 1.165) is 30.6 Å². The molecule has 0 aliphatic rings. The molecule has 25 heavy (non-hydrogen) atoms. The maximum atomic E-state index is 11.6. The molecule has 1 aromatic carbocycles. The zero-order valence-corrected chi connectivity index (χ0v) is 15.0. The van der Waals surface area contributed by atoms with Crippen molar-refractivity contribution in [3.8, 4) is 5.75 Å². The van der Waals surface area contributed by atoms with Crippen LogP contribution < -0.4 is 10.1 Å². The Labute approximate surface area is 148 Å². The van der Waals surface area contributed by atoms with Gasteiger partial charge in [0.2, 0.25) is 0 Å². The van der Waals surface area contributed by atoms with Gasteiger partial charge in [0.1, 0.15) is 5.75 Å². The fraction of sp³-hybridized carbons (Fsp3) is 0.500. The van der Waals surface area contributed by atoms with E-state index in [1.165, 1.54) is 7.11 Å². The highest BCUT2D eigenvalue weighted by molar-refractivity contribution is 5.98. The molecule has 1 rings (SSSR count). The summed E-state index contributed by atoms with van der Waals surface area (Å²) in [5.74, 6) is 0.338. The quantitative estimate of drug-likeness (QED) is 0.286. The van der Waals surface area contributed by atoms with Gasteiger partial charge in [0.15, 0.2) is 6.61 Å². The molecule has 7 heteroatoms. The summed E-state index contributed by atoms with van der Waals surface area (Å²) in [6, 6.07) is 7.41. The Balaban J connectivity index is 2.17. The minimum atomic E-state index is -0.223. The summed E-state index contributed by atoms with van der Waals surface area (Å²) in [5.41, 5.74) is 1.57. The average Bonchev–Trinajstić information content (AvgIpc) is 2.64. The Morgan fingerprint density at radius 2 is 1.80 bits per heavy atom. The van der Waals surface area contributed by atoms with Crippen LogP contribution in [0.15, 0.2) is 29.4 Å². The number of esters is 1. The van der Waals surface area contributed by atoms with E-state index < -0.39 is 0 Å². The number of oxime groups is 1. The maximum absolute atomic E-state index is 11.6. The zero-order chi connectivity index (χ0) is 18.5. The van der Waals surface area contributed by atoms with Gasteiger partial charge in [-0.3, -0.25) is 9.59 Å². The number of unbranched alkanes of at least 4 members (excludes halogenated alkanes) is 2. The van der Waals surface area contributed by atoms with Crippen LogP contribution in [0.2, 0.25) is 0 Å². The molecule has 7 nitrogen and oxygen atoms in total. The van der Waals surface area contributed by atoms with Gasteiger partial charge in [-0.2, -0.15) is 0 Å².